The number of thiocarbonyl (C=S) groups is 1. The van der Waals surface area contributed by atoms with Crippen LogP contribution >= 0.6 is 47.2 Å². The van der Waals surface area contributed by atoms with Crippen LogP contribution in [0.15, 0.2) is 71.6 Å². The minimum Gasteiger partial charge on any atom is -0.322 e. The van der Waals surface area contributed by atoms with E-state index in [9.17, 15) is 14.0 Å². The van der Waals surface area contributed by atoms with Gasteiger partial charge < -0.3 is 5.32 Å². The third-order valence-electron chi connectivity index (χ3n) is 4.51. The minimum absolute atomic E-state index is 0.317. The molecule has 0 atom stereocenters. The van der Waals surface area contributed by atoms with E-state index in [1.54, 1.807) is 48.5 Å². The van der Waals surface area contributed by atoms with E-state index in [2.05, 4.69) is 5.32 Å². The Labute approximate surface area is 203 Å². The highest BCUT2D eigenvalue weighted by Crippen LogP contribution is 2.37. The first-order valence-corrected chi connectivity index (χ1v) is 11.2. The van der Waals surface area contributed by atoms with Gasteiger partial charge in [0.2, 0.25) is 0 Å². The van der Waals surface area contributed by atoms with Crippen molar-refractivity contribution in [2.24, 2.45) is 0 Å². The van der Waals surface area contributed by atoms with Crippen LogP contribution in [-0.4, -0.2) is 16.1 Å². The maximum Gasteiger partial charge on any atom is 0.270 e. The Kier molecular flexibility index (Phi) is 6.62. The summed E-state index contributed by atoms with van der Waals surface area (Å²) in [7, 11) is 0. The standard InChI is InChI=1S/C23H13Cl2FN2O2S2/c24-15-5-4-13(19(25)12-15)11-20-22(30)28(23(31)32-20)18-3-1-2-14(10-18)21(29)27-17-8-6-16(26)7-9-17/h1-12H,(H,27,29)/b20-11+. The normalized spacial score (nSPS) is 14.8. The highest BCUT2D eigenvalue weighted by atomic mass is 35.5. The van der Waals surface area contributed by atoms with Crippen LogP contribution in [0, 0.1) is 5.82 Å². The lowest BCUT2D eigenvalue weighted by Gasteiger charge is -2.15. The van der Waals surface area contributed by atoms with E-state index in [-0.39, 0.29) is 5.91 Å². The largest absolute Gasteiger partial charge is 0.322 e. The highest BCUT2D eigenvalue weighted by Gasteiger charge is 2.33. The van der Waals surface area contributed by atoms with Crippen LogP contribution in [0.25, 0.3) is 6.08 Å². The summed E-state index contributed by atoms with van der Waals surface area (Å²) < 4.78 is 13.4. The first-order chi connectivity index (χ1) is 15.3. The van der Waals surface area contributed by atoms with Gasteiger partial charge in [0.05, 0.1) is 10.6 Å². The zero-order chi connectivity index (χ0) is 22.8. The molecule has 1 N–H and O–H groups in total. The number of nitrogens with zero attached hydrogens (tertiary/aromatic N) is 1. The number of halogens is 3. The van der Waals surface area contributed by atoms with Crippen LogP contribution in [0.2, 0.25) is 10.0 Å². The van der Waals surface area contributed by atoms with E-state index in [1.165, 1.54) is 29.2 Å². The fourth-order valence-electron chi connectivity index (χ4n) is 2.97. The Balaban J connectivity index is 1.57. The van der Waals surface area contributed by atoms with Crippen molar-refractivity contribution < 1.29 is 14.0 Å². The predicted molar refractivity (Wildman–Crippen MR) is 133 cm³/mol. The fraction of sp³-hybridized carbons (Fsp3) is 0. The van der Waals surface area contributed by atoms with Crippen molar-refractivity contribution in [2.75, 3.05) is 10.2 Å². The molecule has 9 heteroatoms. The SMILES string of the molecule is O=C(Nc1ccc(F)cc1)c1cccc(N2C(=O)/C(=C\c3ccc(Cl)cc3Cl)SC2=S)c1. The number of benzene rings is 3. The molecule has 2 amide bonds. The molecule has 32 heavy (non-hydrogen) atoms. The number of amides is 2. The molecule has 1 heterocycles. The molecule has 1 aliphatic heterocycles. The topological polar surface area (TPSA) is 49.4 Å². The number of anilines is 2. The summed E-state index contributed by atoms with van der Waals surface area (Å²) in [5.41, 5.74) is 1.88. The van der Waals surface area contributed by atoms with Crippen LogP contribution in [0.5, 0.6) is 0 Å². The fourth-order valence-corrected chi connectivity index (χ4v) is 4.73. The monoisotopic (exact) mass is 502 g/mol. The molecular formula is C23H13Cl2FN2O2S2. The molecule has 1 saturated heterocycles. The Morgan fingerprint density at radius 3 is 2.53 bits per heavy atom. The van der Waals surface area contributed by atoms with Crippen molar-refractivity contribution in [1.82, 2.24) is 0 Å². The van der Waals surface area contributed by atoms with E-state index in [4.69, 9.17) is 35.4 Å². The number of carbonyl (C=O) groups excluding carboxylic acids is 2. The summed E-state index contributed by atoms with van der Waals surface area (Å²) in [6.45, 7) is 0. The average molecular weight is 503 g/mol. The number of carbonyl (C=O) groups is 2. The minimum atomic E-state index is -0.396. The van der Waals surface area contributed by atoms with Crippen molar-refractivity contribution >= 4 is 80.8 Å². The van der Waals surface area contributed by atoms with Crippen molar-refractivity contribution in [2.45, 2.75) is 0 Å². The molecule has 0 spiro atoms. The molecule has 0 saturated carbocycles. The Morgan fingerprint density at radius 2 is 1.81 bits per heavy atom. The zero-order valence-electron chi connectivity index (χ0n) is 16.1. The molecule has 0 radical (unpaired) electrons. The van der Waals surface area contributed by atoms with Gasteiger partial charge in [0, 0.05) is 21.3 Å². The second-order valence-corrected chi connectivity index (χ2v) is 9.21. The molecule has 4 nitrogen and oxygen atoms in total. The summed E-state index contributed by atoms with van der Waals surface area (Å²) >= 11 is 18.7. The predicted octanol–water partition coefficient (Wildman–Crippen LogP) is 6.79. The molecule has 0 aliphatic carbocycles. The van der Waals surface area contributed by atoms with E-state index in [0.29, 0.717) is 41.8 Å². The van der Waals surface area contributed by atoms with E-state index in [0.717, 1.165) is 11.8 Å². The molecule has 0 bridgehead atoms. The Hall–Kier alpha value is -2.71. The van der Waals surface area contributed by atoms with Gasteiger partial charge in [-0.3, -0.25) is 14.5 Å². The van der Waals surface area contributed by atoms with Crippen LogP contribution in [0.3, 0.4) is 0 Å². The Morgan fingerprint density at radius 1 is 1.06 bits per heavy atom. The maximum atomic E-state index is 13.1. The van der Waals surface area contributed by atoms with Crippen molar-refractivity contribution in [3.05, 3.63) is 98.6 Å². The summed E-state index contributed by atoms with van der Waals surface area (Å²) in [4.78, 5) is 27.4. The molecule has 3 aromatic rings. The van der Waals surface area contributed by atoms with E-state index in [1.807, 2.05) is 0 Å². The van der Waals surface area contributed by atoms with Gasteiger partial charge >= 0.3 is 0 Å². The summed E-state index contributed by atoms with van der Waals surface area (Å²) in [6.07, 6.45) is 1.66. The van der Waals surface area contributed by atoms with E-state index >= 15 is 0 Å². The lowest BCUT2D eigenvalue weighted by Crippen LogP contribution is -2.27. The third-order valence-corrected chi connectivity index (χ3v) is 6.38. The van der Waals surface area contributed by atoms with Gasteiger partial charge in [0.15, 0.2) is 4.32 Å². The van der Waals surface area contributed by atoms with Crippen LogP contribution in [-0.2, 0) is 4.79 Å². The van der Waals surface area contributed by atoms with Gasteiger partial charge in [-0.2, -0.15) is 0 Å². The molecule has 0 unspecified atom stereocenters. The quantitative estimate of drug-likeness (QED) is 0.315. The number of nitrogens with one attached hydrogen (secondary N) is 1. The van der Waals surface area contributed by atoms with Crippen molar-refractivity contribution in [3.8, 4) is 0 Å². The molecule has 160 valence electrons. The van der Waals surface area contributed by atoms with Gasteiger partial charge in [-0.15, -0.1) is 0 Å². The number of hydrogen-bond donors (Lipinski definition) is 1. The lowest BCUT2D eigenvalue weighted by atomic mass is 10.1. The first kappa shape index (κ1) is 22.5. The highest BCUT2D eigenvalue weighted by molar-refractivity contribution is 8.27. The van der Waals surface area contributed by atoms with E-state index < -0.39 is 11.7 Å². The van der Waals surface area contributed by atoms with Crippen molar-refractivity contribution in [3.63, 3.8) is 0 Å². The molecule has 1 aliphatic rings. The number of rotatable bonds is 4. The molecule has 1 fully saturated rings. The first-order valence-electron chi connectivity index (χ1n) is 9.22. The summed E-state index contributed by atoms with van der Waals surface area (Å²) in [5, 5.41) is 3.61. The maximum absolute atomic E-state index is 13.1. The summed E-state index contributed by atoms with van der Waals surface area (Å²) in [6, 6.07) is 17.0. The van der Waals surface area contributed by atoms with Crippen LogP contribution in [0.1, 0.15) is 15.9 Å². The second kappa shape index (κ2) is 9.42. The number of thioether (sulfide) groups is 1. The van der Waals surface area contributed by atoms with Crippen LogP contribution < -0.4 is 10.2 Å². The average Bonchev–Trinajstić information content (AvgIpc) is 3.04. The molecular weight excluding hydrogens is 490 g/mol. The van der Waals surface area contributed by atoms with Crippen LogP contribution in [0.4, 0.5) is 15.8 Å². The third kappa shape index (κ3) is 4.86. The van der Waals surface area contributed by atoms with Gasteiger partial charge in [0.1, 0.15) is 5.82 Å². The van der Waals surface area contributed by atoms with Gasteiger partial charge in [-0.25, -0.2) is 4.39 Å². The molecule has 0 aromatic heterocycles. The molecule has 4 rings (SSSR count). The summed E-state index contributed by atoms with van der Waals surface area (Å²) in [5.74, 6) is -1.11. The zero-order valence-corrected chi connectivity index (χ0v) is 19.3. The van der Waals surface area contributed by atoms with Gasteiger partial charge in [-0.05, 0) is 66.2 Å². The second-order valence-electron chi connectivity index (χ2n) is 6.69. The lowest BCUT2D eigenvalue weighted by molar-refractivity contribution is -0.113. The van der Waals surface area contributed by atoms with Gasteiger partial charge in [0.25, 0.3) is 11.8 Å². The number of hydrogen-bond acceptors (Lipinski definition) is 4. The molecule has 3 aromatic carbocycles. The Bertz CT molecular complexity index is 1280. The van der Waals surface area contributed by atoms with Crippen molar-refractivity contribution in [1.29, 1.82) is 0 Å². The van der Waals surface area contributed by atoms with Gasteiger partial charge in [-0.1, -0.05) is 59.3 Å². The smallest absolute Gasteiger partial charge is 0.270 e.